The number of carbonyl (C=O) groups excluding carboxylic acids is 1. The van der Waals surface area contributed by atoms with Crippen LogP contribution in [-0.2, 0) is 9.53 Å². The Morgan fingerprint density at radius 3 is 2.86 bits per heavy atom. The zero-order valence-corrected chi connectivity index (χ0v) is 12.4. The van der Waals surface area contributed by atoms with Gasteiger partial charge >= 0.3 is 0 Å². The summed E-state index contributed by atoms with van der Waals surface area (Å²) in [5, 5.41) is 0. The molecule has 0 unspecified atom stereocenters. The maximum absolute atomic E-state index is 12.8. The fraction of sp³-hybridized carbons (Fsp3) is 0.562. The molecule has 1 aliphatic heterocycles. The Balaban J connectivity index is 1.78. The van der Waals surface area contributed by atoms with E-state index in [2.05, 4.69) is 0 Å². The van der Waals surface area contributed by atoms with Crippen LogP contribution in [0.5, 0.6) is 5.75 Å². The summed E-state index contributed by atoms with van der Waals surface area (Å²) in [5.74, 6) is 0.750. The van der Waals surface area contributed by atoms with Crippen molar-refractivity contribution < 1.29 is 18.7 Å². The zero-order valence-electron chi connectivity index (χ0n) is 12.4. The van der Waals surface area contributed by atoms with Crippen LogP contribution in [0.1, 0.15) is 19.8 Å². The van der Waals surface area contributed by atoms with Gasteiger partial charge in [0, 0.05) is 25.6 Å². The van der Waals surface area contributed by atoms with Gasteiger partial charge in [-0.1, -0.05) is 0 Å². The monoisotopic (exact) mass is 295 g/mol. The van der Waals surface area contributed by atoms with Crippen molar-refractivity contribution in [1.82, 2.24) is 4.90 Å². The number of ether oxygens (including phenoxy) is 2. The average molecular weight is 295 g/mol. The highest BCUT2D eigenvalue weighted by Gasteiger charge is 2.24. The summed E-state index contributed by atoms with van der Waals surface area (Å²) in [6.45, 7) is 4.62. The van der Waals surface area contributed by atoms with Crippen molar-refractivity contribution in [2.75, 3.05) is 32.9 Å². The third-order valence-electron chi connectivity index (χ3n) is 3.60. The number of amides is 1. The molecule has 0 N–H and O–H groups in total. The second-order valence-electron chi connectivity index (χ2n) is 5.25. The number of carbonyl (C=O) groups is 1. The van der Waals surface area contributed by atoms with Crippen molar-refractivity contribution >= 4 is 5.91 Å². The minimum atomic E-state index is -0.271. The molecule has 0 aliphatic carbocycles. The van der Waals surface area contributed by atoms with Crippen molar-refractivity contribution in [1.29, 1.82) is 0 Å². The molecule has 1 aromatic carbocycles. The highest BCUT2D eigenvalue weighted by atomic mass is 19.1. The number of rotatable bonds is 6. The first-order chi connectivity index (χ1) is 10.2. The molecule has 1 heterocycles. The Morgan fingerprint density at radius 2 is 2.14 bits per heavy atom. The Labute approximate surface area is 124 Å². The lowest BCUT2D eigenvalue weighted by atomic mass is 9.99. The van der Waals surface area contributed by atoms with E-state index in [4.69, 9.17) is 9.47 Å². The minimum Gasteiger partial charge on any atom is -0.493 e. The van der Waals surface area contributed by atoms with E-state index in [0.717, 1.165) is 19.4 Å². The summed E-state index contributed by atoms with van der Waals surface area (Å²) < 4.78 is 23.7. The van der Waals surface area contributed by atoms with E-state index in [9.17, 15) is 9.18 Å². The lowest BCUT2D eigenvalue weighted by molar-refractivity contribution is -0.138. The van der Waals surface area contributed by atoms with Crippen LogP contribution >= 0.6 is 0 Å². The molecule has 0 aromatic heterocycles. The van der Waals surface area contributed by atoms with Gasteiger partial charge in [0.1, 0.15) is 18.2 Å². The van der Waals surface area contributed by atoms with Gasteiger partial charge in [0.15, 0.2) is 0 Å². The summed E-state index contributed by atoms with van der Waals surface area (Å²) in [4.78, 5) is 13.8. The van der Waals surface area contributed by atoms with E-state index >= 15 is 0 Å². The molecule has 5 heteroatoms. The molecular weight excluding hydrogens is 273 g/mol. The standard InChI is InChI=1S/C16H22FNO3/c1-2-20-12-16(19)18-9-3-4-13(10-18)11-21-15-7-5-14(17)6-8-15/h5-8,13H,2-4,9-12H2,1H3/t13-/m1/s1. The van der Waals surface area contributed by atoms with E-state index < -0.39 is 0 Å². The molecule has 1 fully saturated rings. The van der Waals surface area contributed by atoms with Crippen LogP contribution < -0.4 is 4.74 Å². The largest absolute Gasteiger partial charge is 0.493 e. The van der Waals surface area contributed by atoms with Crippen molar-refractivity contribution in [2.45, 2.75) is 19.8 Å². The Hall–Kier alpha value is -1.62. The second-order valence-corrected chi connectivity index (χ2v) is 5.25. The maximum atomic E-state index is 12.8. The number of likely N-dealkylation sites (tertiary alicyclic amines) is 1. The SMILES string of the molecule is CCOCC(=O)N1CCC[C@@H](COc2ccc(F)cc2)C1. The quantitative estimate of drug-likeness (QED) is 0.809. The first-order valence-corrected chi connectivity index (χ1v) is 7.43. The molecule has 0 bridgehead atoms. The molecule has 1 aromatic rings. The third-order valence-corrected chi connectivity index (χ3v) is 3.60. The number of hydrogen-bond donors (Lipinski definition) is 0. The number of nitrogens with zero attached hydrogens (tertiary/aromatic N) is 1. The second kappa shape index (κ2) is 7.98. The van der Waals surface area contributed by atoms with Gasteiger partial charge in [0.25, 0.3) is 0 Å². The van der Waals surface area contributed by atoms with Crippen LogP contribution in [0.2, 0.25) is 0 Å². The van der Waals surface area contributed by atoms with Crippen molar-refractivity contribution in [2.24, 2.45) is 5.92 Å². The molecule has 0 saturated carbocycles. The summed E-state index contributed by atoms with van der Waals surface area (Å²) in [7, 11) is 0. The van der Waals surface area contributed by atoms with Crippen molar-refractivity contribution in [3.63, 3.8) is 0 Å². The molecule has 1 aliphatic rings. The molecule has 0 radical (unpaired) electrons. The highest BCUT2D eigenvalue weighted by Crippen LogP contribution is 2.19. The fourth-order valence-corrected chi connectivity index (χ4v) is 2.45. The molecule has 21 heavy (non-hydrogen) atoms. The first-order valence-electron chi connectivity index (χ1n) is 7.43. The number of hydrogen-bond acceptors (Lipinski definition) is 3. The summed E-state index contributed by atoms with van der Waals surface area (Å²) in [5.41, 5.74) is 0. The van der Waals surface area contributed by atoms with E-state index in [1.54, 1.807) is 12.1 Å². The first kappa shape index (κ1) is 15.8. The molecule has 1 atom stereocenters. The van der Waals surface area contributed by atoms with Crippen LogP contribution in [0.15, 0.2) is 24.3 Å². The summed E-state index contributed by atoms with van der Waals surface area (Å²) in [6.07, 6.45) is 2.02. The van der Waals surface area contributed by atoms with E-state index in [0.29, 0.717) is 31.4 Å². The van der Waals surface area contributed by atoms with Gasteiger partial charge in [0.05, 0.1) is 6.61 Å². The van der Waals surface area contributed by atoms with Crippen LogP contribution in [0.25, 0.3) is 0 Å². The summed E-state index contributed by atoms with van der Waals surface area (Å²) >= 11 is 0. The lowest BCUT2D eigenvalue weighted by Crippen LogP contribution is -2.43. The molecule has 4 nitrogen and oxygen atoms in total. The molecule has 0 spiro atoms. The van der Waals surface area contributed by atoms with Crippen molar-refractivity contribution in [3.8, 4) is 5.75 Å². The van der Waals surface area contributed by atoms with Gasteiger partial charge in [0.2, 0.25) is 5.91 Å². The van der Waals surface area contributed by atoms with Gasteiger partial charge in [-0.05, 0) is 44.0 Å². The number of benzene rings is 1. The maximum Gasteiger partial charge on any atom is 0.248 e. The van der Waals surface area contributed by atoms with Gasteiger partial charge in [-0.3, -0.25) is 4.79 Å². The number of halogens is 1. The topological polar surface area (TPSA) is 38.8 Å². The van der Waals surface area contributed by atoms with E-state index in [-0.39, 0.29) is 18.3 Å². The zero-order chi connectivity index (χ0) is 15.1. The van der Waals surface area contributed by atoms with Gasteiger partial charge in [-0.15, -0.1) is 0 Å². The molecule has 116 valence electrons. The molecule has 1 saturated heterocycles. The Bertz CT molecular complexity index is 449. The predicted octanol–water partition coefficient (Wildman–Crippen LogP) is 2.48. The lowest BCUT2D eigenvalue weighted by Gasteiger charge is -2.32. The highest BCUT2D eigenvalue weighted by molar-refractivity contribution is 5.77. The Kier molecular flexibility index (Phi) is 5.99. The van der Waals surface area contributed by atoms with Crippen molar-refractivity contribution in [3.05, 3.63) is 30.1 Å². The van der Waals surface area contributed by atoms with E-state index in [1.165, 1.54) is 12.1 Å². The summed E-state index contributed by atoms with van der Waals surface area (Å²) in [6, 6.07) is 6.01. The predicted molar refractivity (Wildman–Crippen MR) is 77.7 cm³/mol. The van der Waals surface area contributed by atoms with E-state index in [1.807, 2.05) is 11.8 Å². The molecule has 2 rings (SSSR count). The van der Waals surface area contributed by atoms with Gasteiger partial charge in [-0.2, -0.15) is 0 Å². The van der Waals surface area contributed by atoms with Crippen LogP contribution in [0, 0.1) is 11.7 Å². The molecular formula is C16H22FNO3. The molecule has 1 amide bonds. The minimum absolute atomic E-state index is 0.0448. The van der Waals surface area contributed by atoms with Crippen LogP contribution in [0.3, 0.4) is 0 Å². The average Bonchev–Trinajstić information content (AvgIpc) is 2.52. The van der Waals surface area contributed by atoms with Gasteiger partial charge in [-0.25, -0.2) is 4.39 Å². The third kappa shape index (κ3) is 5.01. The fourth-order valence-electron chi connectivity index (χ4n) is 2.45. The van der Waals surface area contributed by atoms with Crippen LogP contribution in [-0.4, -0.2) is 43.7 Å². The smallest absolute Gasteiger partial charge is 0.248 e. The normalized spacial score (nSPS) is 18.6. The van der Waals surface area contributed by atoms with Gasteiger partial charge < -0.3 is 14.4 Å². The Morgan fingerprint density at radius 1 is 1.38 bits per heavy atom. The number of piperidine rings is 1. The van der Waals surface area contributed by atoms with Crippen LogP contribution in [0.4, 0.5) is 4.39 Å².